The highest BCUT2D eigenvalue weighted by molar-refractivity contribution is 5.28. The van der Waals surface area contributed by atoms with Crippen LogP contribution in [0.25, 0.3) is 0 Å². The summed E-state index contributed by atoms with van der Waals surface area (Å²) >= 11 is 0. The minimum Gasteiger partial charge on any atom is -0.0985 e. The van der Waals surface area contributed by atoms with Gasteiger partial charge >= 0.3 is 0 Å². The summed E-state index contributed by atoms with van der Waals surface area (Å²) in [6.07, 6.45) is 10.5. The van der Waals surface area contributed by atoms with E-state index < -0.39 is 0 Å². The summed E-state index contributed by atoms with van der Waals surface area (Å²) in [7, 11) is 0. The Hall–Kier alpha value is -0.780. The summed E-state index contributed by atoms with van der Waals surface area (Å²) < 4.78 is 0. The molecule has 0 bridgehead atoms. The maximum atomic E-state index is 3.71. The summed E-state index contributed by atoms with van der Waals surface area (Å²) in [5.41, 5.74) is 1.23. The predicted molar refractivity (Wildman–Crippen MR) is 48.0 cm³/mol. The van der Waals surface area contributed by atoms with Gasteiger partial charge in [0.15, 0.2) is 0 Å². The molecule has 56 valence electrons. The Balaban J connectivity index is 3.94. The van der Waals surface area contributed by atoms with Gasteiger partial charge < -0.3 is 0 Å². The van der Waals surface area contributed by atoms with Gasteiger partial charge in [-0.25, -0.2) is 0 Å². The summed E-state index contributed by atoms with van der Waals surface area (Å²) in [6, 6.07) is 0. The molecule has 0 amide bonds. The smallest absolute Gasteiger partial charge is 0.0306 e. The van der Waals surface area contributed by atoms with Crippen molar-refractivity contribution in [1.82, 2.24) is 0 Å². The number of allylic oxidation sites excluding steroid dienone is 5. The van der Waals surface area contributed by atoms with Gasteiger partial charge in [-0.1, -0.05) is 44.7 Å². The van der Waals surface area contributed by atoms with Crippen molar-refractivity contribution in [1.29, 1.82) is 0 Å². The second kappa shape index (κ2) is 6.34. The fourth-order valence-electron chi connectivity index (χ4n) is 0.709. The van der Waals surface area contributed by atoms with Gasteiger partial charge in [0.05, 0.1) is 0 Å². The maximum Gasteiger partial charge on any atom is -0.0306 e. The molecule has 0 aliphatic heterocycles. The minimum atomic E-state index is 1.08. The van der Waals surface area contributed by atoms with Crippen molar-refractivity contribution < 1.29 is 0 Å². The first-order chi connectivity index (χ1) is 4.85. The van der Waals surface area contributed by atoms with Gasteiger partial charge in [-0.2, -0.15) is 0 Å². The molecule has 0 rings (SSSR count). The van der Waals surface area contributed by atoms with Gasteiger partial charge in [0.2, 0.25) is 0 Å². The summed E-state index contributed by atoms with van der Waals surface area (Å²) in [4.78, 5) is 0. The fourth-order valence-corrected chi connectivity index (χ4v) is 0.709. The van der Waals surface area contributed by atoms with E-state index in [1.54, 1.807) is 0 Å². The monoisotopic (exact) mass is 136 g/mol. The quantitative estimate of drug-likeness (QED) is 0.519. The van der Waals surface area contributed by atoms with Crippen LogP contribution in [0.5, 0.6) is 0 Å². The lowest BCUT2D eigenvalue weighted by molar-refractivity contribution is 1.20. The molecule has 0 atom stereocenters. The molecule has 0 aromatic rings. The third-order valence-corrected chi connectivity index (χ3v) is 1.22. The van der Waals surface area contributed by atoms with Gasteiger partial charge in [-0.3, -0.25) is 0 Å². The molecule has 0 fully saturated rings. The van der Waals surface area contributed by atoms with Crippen LogP contribution in [0.3, 0.4) is 0 Å². The van der Waals surface area contributed by atoms with E-state index in [-0.39, 0.29) is 0 Å². The Labute approximate surface area is 64.0 Å². The number of rotatable bonds is 4. The molecule has 0 nitrogen and oxygen atoms in total. The number of hydrogen-bond donors (Lipinski definition) is 0. The molecule has 10 heavy (non-hydrogen) atoms. The van der Waals surface area contributed by atoms with Crippen LogP contribution in [0.4, 0.5) is 0 Å². The molecule has 0 aliphatic rings. The van der Waals surface area contributed by atoms with E-state index >= 15 is 0 Å². The van der Waals surface area contributed by atoms with E-state index in [1.165, 1.54) is 5.57 Å². The van der Waals surface area contributed by atoms with Crippen molar-refractivity contribution in [2.45, 2.75) is 26.7 Å². The van der Waals surface area contributed by atoms with Crippen molar-refractivity contribution in [3.05, 3.63) is 36.5 Å². The van der Waals surface area contributed by atoms with E-state index in [0.29, 0.717) is 0 Å². The van der Waals surface area contributed by atoms with E-state index in [9.17, 15) is 0 Å². The molecule has 0 saturated carbocycles. The van der Waals surface area contributed by atoms with Crippen LogP contribution < -0.4 is 0 Å². The van der Waals surface area contributed by atoms with Crippen molar-refractivity contribution >= 4 is 0 Å². The highest BCUT2D eigenvalue weighted by atomic mass is 13.9. The van der Waals surface area contributed by atoms with Crippen LogP contribution in [-0.2, 0) is 0 Å². The van der Waals surface area contributed by atoms with E-state index in [2.05, 4.69) is 38.7 Å². The van der Waals surface area contributed by atoms with Gasteiger partial charge in [-0.15, -0.1) is 0 Å². The molecule has 0 aliphatic carbocycles. The third-order valence-electron chi connectivity index (χ3n) is 1.22. The Kier molecular flexibility index (Phi) is 5.85. The summed E-state index contributed by atoms with van der Waals surface area (Å²) in [5.74, 6) is 0. The van der Waals surface area contributed by atoms with Crippen molar-refractivity contribution in [3.8, 4) is 0 Å². The average molecular weight is 136 g/mol. The molecule has 0 unspecified atom stereocenters. The maximum absolute atomic E-state index is 3.71. The van der Waals surface area contributed by atoms with Crippen molar-refractivity contribution in [2.75, 3.05) is 0 Å². The topological polar surface area (TPSA) is 0 Å². The lowest BCUT2D eigenvalue weighted by atomic mass is 10.2. The first kappa shape index (κ1) is 9.22. The normalized spacial score (nSPS) is 12.4. The highest BCUT2D eigenvalue weighted by Crippen LogP contribution is 2.00. The first-order valence-corrected chi connectivity index (χ1v) is 3.84. The van der Waals surface area contributed by atoms with E-state index in [1.807, 2.05) is 6.08 Å². The Bertz CT molecular complexity index is 138. The third kappa shape index (κ3) is 4.13. The van der Waals surface area contributed by atoms with E-state index in [4.69, 9.17) is 0 Å². The molecule has 0 aromatic carbocycles. The second-order valence-corrected chi connectivity index (χ2v) is 2.13. The van der Waals surface area contributed by atoms with Crippen LogP contribution in [0.1, 0.15) is 26.7 Å². The lowest BCUT2D eigenvalue weighted by Crippen LogP contribution is -1.68. The van der Waals surface area contributed by atoms with Crippen LogP contribution in [0.2, 0.25) is 0 Å². The summed E-state index contributed by atoms with van der Waals surface area (Å²) in [5, 5.41) is 0. The van der Waals surface area contributed by atoms with Gasteiger partial charge in [0.1, 0.15) is 0 Å². The van der Waals surface area contributed by atoms with Crippen molar-refractivity contribution in [2.24, 2.45) is 0 Å². The molecule has 0 saturated heterocycles. The molecule has 0 heterocycles. The van der Waals surface area contributed by atoms with Gasteiger partial charge in [0, 0.05) is 0 Å². The zero-order valence-electron chi connectivity index (χ0n) is 6.93. The summed E-state index contributed by atoms with van der Waals surface area (Å²) in [6.45, 7) is 7.97. The molecular weight excluding hydrogens is 120 g/mol. The standard InChI is InChI=1S/C10H16/c1-4-7-9-10(6-3)8-5-2/h6-9H,3-5H2,1-2H3/b9-7-,10-8-. The van der Waals surface area contributed by atoms with Crippen LogP contribution in [0.15, 0.2) is 36.5 Å². The SMILES string of the molecule is C=CC(/C=C\CC)=C/CC. The molecule has 0 radical (unpaired) electrons. The number of hydrogen-bond acceptors (Lipinski definition) is 0. The van der Waals surface area contributed by atoms with Crippen LogP contribution >= 0.6 is 0 Å². The molecular formula is C10H16. The van der Waals surface area contributed by atoms with Crippen LogP contribution in [0, 0.1) is 0 Å². The van der Waals surface area contributed by atoms with Crippen molar-refractivity contribution in [3.63, 3.8) is 0 Å². The zero-order chi connectivity index (χ0) is 7.82. The van der Waals surface area contributed by atoms with E-state index in [0.717, 1.165) is 12.8 Å². The second-order valence-electron chi connectivity index (χ2n) is 2.13. The Morgan fingerprint density at radius 2 is 2.00 bits per heavy atom. The lowest BCUT2D eigenvalue weighted by Gasteiger charge is -1.89. The first-order valence-electron chi connectivity index (χ1n) is 3.84. The predicted octanol–water partition coefficient (Wildman–Crippen LogP) is 3.48. The van der Waals surface area contributed by atoms with Gasteiger partial charge in [-0.05, 0) is 18.4 Å². The fraction of sp³-hybridized carbons (Fsp3) is 0.400. The zero-order valence-corrected chi connectivity index (χ0v) is 6.93. The largest absolute Gasteiger partial charge is 0.0985 e. The molecule has 0 N–H and O–H groups in total. The molecule has 0 spiro atoms. The minimum absolute atomic E-state index is 1.08. The Morgan fingerprint density at radius 3 is 2.40 bits per heavy atom. The highest BCUT2D eigenvalue weighted by Gasteiger charge is 1.79. The molecule has 0 heteroatoms. The molecule has 0 aromatic heterocycles. The van der Waals surface area contributed by atoms with Gasteiger partial charge in [0.25, 0.3) is 0 Å². The average Bonchev–Trinajstić information content (AvgIpc) is 1.98. The van der Waals surface area contributed by atoms with Crippen LogP contribution in [-0.4, -0.2) is 0 Å². The Morgan fingerprint density at radius 1 is 1.30 bits per heavy atom.